The molecule has 0 aliphatic carbocycles. The van der Waals surface area contributed by atoms with Gasteiger partial charge in [0.1, 0.15) is 12.2 Å². The van der Waals surface area contributed by atoms with E-state index in [4.69, 9.17) is 9.15 Å². The maximum Gasteiger partial charge on any atom is 0.336 e. The quantitative estimate of drug-likeness (QED) is 0.507. The van der Waals surface area contributed by atoms with Crippen molar-refractivity contribution in [2.45, 2.75) is 40.2 Å². The first-order chi connectivity index (χ1) is 13.7. The third kappa shape index (κ3) is 4.71. The van der Waals surface area contributed by atoms with Crippen molar-refractivity contribution in [1.82, 2.24) is 9.78 Å². The highest BCUT2D eigenvalue weighted by atomic mass is 16.5. The molecular formula is C21H23N3O5. The van der Waals surface area contributed by atoms with Crippen molar-refractivity contribution >= 4 is 28.5 Å². The normalized spacial score (nSPS) is 10.9. The second-order valence-corrected chi connectivity index (χ2v) is 6.92. The molecule has 3 rings (SSSR count). The van der Waals surface area contributed by atoms with Gasteiger partial charge in [0.2, 0.25) is 5.91 Å². The Morgan fingerprint density at radius 1 is 1.24 bits per heavy atom. The molecule has 0 fully saturated rings. The van der Waals surface area contributed by atoms with Crippen LogP contribution in [0.2, 0.25) is 0 Å². The Hall–Kier alpha value is -3.42. The fraction of sp³-hybridized carbons (Fsp3) is 0.333. The van der Waals surface area contributed by atoms with Gasteiger partial charge in [-0.15, -0.1) is 0 Å². The largest absolute Gasteiger partial charge is 0.461 e. The van der Waals surface area contributed by atoms with Crippen LogP contribution < -0.4 is 10.9 Å². The minimum atomic E-state index is -0.551. The van der Waals surface area contributed by atoms with Crippen molar-refractivity contribution in [3.05, 3.63) is 57.2 Å². The van der Waals surface area contributed by atoms with E-state index in [-0.39, 0.29) is 24.9 Å². The van der Waals surface area contributed by atoms with E-state index in [0.717, 1.165) is 17.0 Å². The van der Waals surface area contributed by atoms with Crippen LogP contribution >= 0.6 is 0 Å². The van der Waals surface area contributed by atoms with Gasteiger partial charge in [0.25, 0.3) is 0 Å². The lowest BCUT2D eigenvalue weighted by Crippen LogP contribution is -2.09. The second kappa shape index (κ2) is 8.30. The molecule has 8 nitrogen and oxygen atoms in total. The number of nitrogens with one attached hydrogen (secondary N) is 1. The van der Waals surface area contributed by atoms with E-state index in [1.54, 1.807) is 22.9 Å². The van der Waals surface area contributed by atoms with E-state index in [1.165, 1.54) is 13.0 Å². The number of esters is 1. The summed E-state index contributed by atoms with van der Waals surface area (Å²) < 4.78 is 12.4. The Labute approximate surface area is 167 Å². The lowest BCUT2D eigenvalue weighted by molar-refractivity contribution is -0.144. The number of carbonyl (C=O) groups is 2. The van der Waals surface area contributed by atoms with E-state index in [2.05, 4.69) is 10.4 Å². The van der Waals surface area contributed by atoms with Crippen LogP contribution in [0.25, 0.3) is 11.0 Å². The number of rotatable bonds is 6. The summed E-state index contributed by atoms with van der Waals surface area (Å²) in [6, 6.07) is 6.29. The summed E-state index contributed by atoms with van der Waals surface area (Å²) in [7, 11) is 1.87. The molecule has 0 unspecified atom stereocenters. The Morgan fingerprint density at radius 2 is 2.00 bits per heavy atom. The minimum absolute atomic E-state index is 0.0363. The number of nitrogens with zero attached hydrogens (tertiary/aromatic N) is 2. The van der Waals surface area contributed by atoms with Crippen LogP contribution in [0.4, 0.5) is 5.69 Å². The number of amides is 1. The first-order valence-electron chi connectivity index (χ1n) is 9.23. The Kier molecular flexibility index (Phi) is 5.81. The van der Waals surface area contributed by atoms with Crippen molar-refractivity contribution < 1.29 is 18.7 Å². The minimum Gasteiger partial charge on any atom is -0.461 e. The fourth-order valence-electron chi connectivity index (χ4n) is 3.27. The van der Waals surface area contributed by atoms with Crippen molar-refractivity contribution in [1.29, 1.82) is 0 Å². The SMILES string of the molecule is CC(=O)Nc1ccc2c(COC(=O)CCc3c(C)nn(C)c3C)cc(=O)oc2c1. The molecule has 0 atom stereocenters. The molecule has 0 aliphatic rings. The number of aryl methyl sites for hydroxylation is 2. The smallest absolute Gasteiger partial charge is 0.336 e. The van der Waals surface area contributed by atoms with Gasteiger partial charge in [-0.1, -0.05) is 0 Å². The lowest BCUT2D eigenvalue weighted by atomic mass is 10.1. The molecule has 152 valence electrons. The first kappa shape index (κ1) is 20.3. The van der Waals surface area contributed by atoms with Gasteiger partial charge in [0.05, 0.1) is 5.69 Å². The van der Waals surface area contributed by atoms with Crippen LogP contribution in [0, 0.1) is 13.8 Å². The van der Waals surface area contributed by atoms with Crippen molar-refractivity contribution in [2.24, 2.45) is 7.05 Å². The summed E-state index contributed by atoms with van der Waals surface area (Å²) in [6.07, 6.45) is 0.765. The molecule has 1 N–H and O–H groups in total. The zero-order chi connectivity index (χ0) is 21.1. The van der Waals surface area contributed by atoms with E-state index >= 15 is 0 Å². The Morgan fingerprint density at radius 3 is 2.66 bits per heavy atom. The molecule has 2 heterocycles. The third-order valence-electron chi connectivity index (χ3n) is 4.78. The van der Waals surface area contributed by atoms with Gasteiger partial charge in [-0.05, 0) is 38.0 Å². The zero-order valence-electron chi connectivity index (χ0n) is 16.9. The van der Waals surface area contributed by atoms with Gasteiger partial charge < -0.3 is 14.5 Å². The molecule has 0 radical (unpaired) electrons. The molecule has 1 amide bonds. The average Bonchev–Trinajstić information content (AvgIpc) is 2.88. The molecule has 8 heteroatoms. The molecule has 0 saturated heterocycles. The van der Waals surface area contributed by atoms with Gasteiger partial charge in [-0.3, -0.25) is 14.3 Å². The fourth-order valence-corrected chi connectivity index (χ4v) is 3.27. The maximum absolute atomic E-state index is 12.2. The standard InChI is InChI=1S/C21H23N3O5/c1-12-17(13(2)24(4)23-12)7-8-20(26)28-11-15-9-21(27)29-19-10-16(22-14(3)25)5-6-18(15)19/h5-6,9-10H,7-8,11H2,1-4H3,(H,22,25). The molecule has 2 aromatic heterocycles. The summed E-state index contributed by atoms with van der Waals surface area (Å²) in [5, 5.41) is 7.62. The number of hydrogen-bond acceptors (Lipinski definition) is 6. The molecule has 3 aromatic rings. The first-order valence-corrected chi connectivity index (χ1v) is 9.23. The summed E-state index contributed by atoms with van der Waals surface area (Å²) >= 11 is 0. The molecule has 0 bridgehead atoms. The molecule has 0 saturated carbocycles. The lowest BCUT2D eigenvalue weighted by Gasteiger charge is -2.09. The second-order valence-electron chi connectivity index (χ2n) is 6.92. The van der Waals surface area contributed by atoms with Gasteiger partial charge in [-0.2, -0.15) is 5.10 Å². The van der Waals surface area contributed by atoms with Crippen LogP contribution in [0.15, 0.2) is 33.5 Å². The van der Waals surface area contributed by atoms with Crippen molar-refractivity contribution in [2.75, 3.05) is 5.32 Å². The molecular weight excluding hydrogens is 374 g/mol. The number of benzene rings is 1. The Balaban J connectivity index is 1.70. The van der Waals surface area contributed by atoms with Gasteiger partial charge >= 0.3 is 11.6 Å². The van der Waals surface area contributed by atoms with Crippen LogP contribution in [-0.4, -0.2) is 21.7 Å². The number of ether oxygens (including phenoxy) is 1. The third-order valence-corrected chi connectivity index (χ3v) is 4.78. The van der Waals surface area contributed by atoms with Crippen molar-refractivity contribution in [3.63, 3.8) is 0 Å². The molecule has 0 spiro atoms. The summed E-state index contributed by atoms with van der Waals surface area (Å²) in [5.41, 5.74) is 3.80. The molecule has 1 aromatic carbocycles. The monoisotopic (exact) mass is 397 g/mol. The maximum atomic E-state index is 12.2. The van der Waals surface area contributed by atoms with Crippen LogP contribution in [0.1, 0.15) is 35.9 Å². The van der Waals surface area contributed by atoms with Crippen LogP contribution in [0.5, 0.6) is 0 Å². The van der Waals surface area contributed by atoms with Crippen LogP contribution in [0.3, 0.4) is 0 Å². The topological polar surface area (TPSA) is 103 Å². The van der Waals surface area contributed by atoms with E-state index < -0.39 is 5.63 Å². The number of fused-ring (bicyclic) bond motifs is 1. The van der Waals surface area contributed by atoms with Crippen molar-refractivity contribution in [3.8, 4) is 0 Å². The van der Waals surface area contributed by atoms with E-state index in [1.807, 2.05) is 20.9 Å². The van der Waals surface area contributed by atoms with E-state index in [0.29, 0.717) is 28.6 Å². The average molecular weight is 397 g/mol. The molecule has 29 heavy (non-hydrogen) atoms. The highest BCUT2D eigenvalue weighted by Gasteiger charge is 2.13. The zero-order valence-corrected chi connectivity index (χ0v) is 16.9. The Bertz CT molecular complexity index is 1140. The highest BCUT2D eigenvalue weighted by Crippen LogP contribution is 2.22. The summed E-state index contributed by atoms with van der Waals surface area (Å²) in [4.78, 5) is 35.3. The number of carbonyl (C=O) groups excluding carboxylic acids is 2. The number of anilines is 1. The van der Waals surface area contributed by atoms with Gasteiger partial charge in [0, 0.05) is 54.9 Å². The van der Waals surface area contributed by atoms with Gasteiger partial charge in [-0.25, -0.2) is 4.79 Å². The number of hydrogen-bond donors (Lipinski definition) is 1. The van der Waals surface area contributed by atoms with Gasteiger partial charge in [0.15, 0.2) is 0 Å². The molecule has 0 aliphatic heterocycles. The highest BCUT2D eigenvalue weighted by molar-refractivity contribution is 5.92. The number of aromatic nitrogens is 2. The summed E-state index contributed by atoms with van der Waals surface area (Å²) in [6.45, 7) is 5.24. The predicted octanol–water partition coefficient (Wildman–Crippen LogP) is 2.78. The van der Waals surface area contributed by atoms with E-state index in [9.17, 15) is 14.4 Å². The van der Waals surface area contributed by atoms with Crippen LogP contribution in [-0.2, 0) is 34.4 Å². The predicted molar refractivity (Wildman–Crippen MR) is 108 cm³/mol. The summed E-state index contributed by atoms with van der Waals surface area (Å²) in [5.74, 6) is -0.584.